The minimum Gasteiger partial charge on any atom is -0.395 e. The van der Waals surface area contributed by atoms with Gasteiger partial charge in [-0.3, -0.25) is 15.6 Å². The molecule has 0 spiro atoms. The van der Waals surface area contributed by atoms with Crippen molar-refractivity contribution >= 4 is 11.7 Å². The minimum absolute atomic E-state index is 0.134. The second-order valence-electron chi connectivity index (χ2n) is 6.93. The first-order valence-electron chi connectivity index (χ1n) is 9.83. The number of nitrogens with one attached hydrogen (secondary N) is 1. The number of hydrogen-bond donors (Lipinski definition) is 3. The topological polar surface area (TPSA) is 73.0 Å². The van der Waals surface area contributed by atoms with Gasteiger partial charge in [0, 0.05) is 24.8 Å². The second-order valence-corrected chi connectivity index (χ2v) is 6.93. The van der Waals surface area contributed by atoms with E-state index in [0.29, 0.717) is 18.8 Å². The number of aromatic nitrogens is 2. The molecule has 0 bridgehead atoms. The summed E-state index contributed by atoms with van der Waals surface area (Å²) in [5, 5.41) is 18.3. The van der Waals surface area contributed by atoms with Gasteiger partial charge in [0.25, 0.3) is 0 Å². The molecule has 0 aliphatic rings. The van der Waals surface area contributed by atoms with Gasteiger partial charge >= 0.3 is 0 Å². The summed E-state index contributed by atoms with van der Waals surface area (Å²) in [6.07, 6.45) is 6.62. The number of fused-ring (bicyclic) bond motifs is 1. The summed E-state index contributed by atoms with van der Waals surface area (Å²) < 4.78 is 2.11. The number of hydrogen-bond acceptors (Lipinski definition) is 5. The van der Waals surface area contributed by atoms with Crippen molar-refractivity contribution in [1.29, 1.82) is 0 Å². The maximum atomic E-state index is 9.45. The fourth-order valence-corrected chi connectivity index (χ4v) is 3.37. The molecule has 2 aromatic heterocycles. The number of benzene rings is 1. The molecule has 0 saturated heterocycles. The summed E-state index contributed by atoms with van der Waals surface area (Å²) >= 11 is 0. The standard InChI is InChI=1S/C23H28N4O2/c1-3-12-26(14-15-28)17-21-23(20-7-5-4-6-8-20)24-22-16-19(11-13-27(21)22)10-9-18(2)25-29/h4-11,13,16,25,28-29H,2-3,12,14-15,17H2,1H3/b10-9+. The number of allylic oxidation sites excluding steroid dienone is 1. The first-order valence-corrected chi connectivity index (χ1v) is 9.83. The highest BCUT2D eigenvalue weighted by molar-refractivity contribution is 5.68. The number of imidazole rings is 1. The molecule has 0 amide bonds. The molecular formula is C23H28N4O2. The number of pyridine rings is 1. The number of aliphatic hydroxyl groups excluding tert-OH is 1. The Morgan fingerprint density at radius 3 is 2.72 bits per heavy atom. The number of aliphatic hydroxyl groups is 1. The third kappa shape index (κ3) is 5.12. The van der Waals surface area contributed by atoms with E-state index in [0.717, 1.165) is 41.1 Å². The van der Waals surface area contributed by atoms with E-state index >= 15 is 0 Å². The quantitative estimate of drug-likeness (QED) is 0.362. The Labute approximate surface area is 171 Å². The average Bonchev–Trinajstić information content (AvgIpc) is 3.10. The van der Waals surface area contributed by atoms with E-state index < -0.39 is 0 Å². The molecule has 6 heteroatoms. The lowest BCUT2D eigenvalue weighted by molar-refractivity contribution is 0.189. The van der Waals surface area contributed by atoms with Gasteiger partial charge in [0.05, 0.1) is 23.7 Å². The zero-order valence-corrected chi connectivity index (χ0v) is 16.8. The van der Waals surface area contributed by atoms with Crippen LogP contribution in [0.1, 0.15) is 24.6 Å². The summed E-state index contributed by atoms with van der Waals surface area (Å²) in [7, 11) is 0. The van der Waals surface area contributed by atoms with E-state index in [1.54, 1.807) is 6.08 Å². The predicted molar refractivity (Wildman–Crippen MR) is 116 cm³/mol. The van der Waals surface area contributed by atoms with Crippen molar-refractivity contribution in [2.45, 2.75) is 19.9 Å². The Bertz CT molecular complexity index is 973. The van der Waals surface area contributed by atoms with E-state index in [9.17, 15) is 5.11 Å². The molecule has 0 atom stereocenters. The summed E-state index contributed by atoms with van der Waals surface area (Å²) in [4.78, 5) is 7.17. The lowest BCUT2D eigenvalue weighted by Crippen LogP contribution is -2.28. The lowest BCUT2D eigenvalue weighted by atomic mass is 10.1. The number of rotatable bonds is 10. The molecule has 3 rings (SSSR count). The maximum absolute atomic E-state index is 9.45. The maximum Gasteiger partial charge on any atom is 0.138 e. The molecule has 0 aliphatic heterocycles. The van der Waals surface area contributed by atoms with Crippen LogP contribution in [0.15, 0.2) is 67.0 Å². The highest BCUT2D eigenvalue weighted by Gasteiger charge is 2.17. The highest BCUT2D eigenvalue weighted by atomic mass is 16.5. The first-order chi connectivity index (χ1) is 14.2. The van der Waals surface area contributed by atoms with Gasteiger partial charge in [0.1, 0.15) is 5.65 Å². The van der Waals surface area contributed by atoms with E-state index in [1.165, 1.54) is 0 Å². The third-order valence-corrected chi connectivity index (χ3v) is 4.75. The Morgan fingerprint density at radius 1 is 1.24 bits per heavy atom. The molecule has 0 unspecified atom stereocenters. The lowest BCUT2D eigenvalue weighted by Gasteiger charge is -2.21. The van der Waals surface area contributed by atoms with Crippen molar-refractivity contribution < 1.29 is 10.3 Å². The summed E-state index contributed by atoms with van der Waals surface area (Å²) in [5.74, 6) is 0. The third-order valence-electron chi connectivity index (χ3n) is 4.75. The van der Waals surface area contributed by atoms with Crippen molar-refractivity contribution in [3.05, 3.63) is 78.3 Å². The number of nitrogens with zero attached hydrogens (tertiary/aromatic N) is 3. The van der Waals surface area contributed by atoms with Gasteiger partial charge in [-0.2, -0.15) is 0 Å². The van der Waals surface area contributed by atoms with Crippen LogP contribution in [0.25, 0.3) is 23.0 Å². The van der Waals surface area contributed by atoms with Gasteiger partial charge in [-0.15, -0.1) is 0 Å². The van der Waals surface area contributed by atoms with Gasteiger partial charge in [0.15, 0.2) is 0 Å². The molecule has 0 radical (unpaired) electrons. The van der Waals surface area contributed by atoms with Crippen molar-refractivity contribution in [3.8, 4) is 11.3 Å². The normalized spacial score (nSPS) is 11.6. The fourth-order valence-electron chi connectivity index (χ4n) is 3.37. The van der Waals surface area contributed by atoms with Gasteiger partial charge < -0.3 is 9.51 Å². The second kappa shape index (κ2) is 10.0. The predicted octanol–water partition coefficient (Wildman–Crippen LogP) is 3.71. The molecule has 0 saturated carbocycles. The zero-order valence-electron chi connectivity index (χ0n) is 16.8. The van der Waals surface area contributed by atoms with E-state index in [4.69, 9.17) is 10.2 Å². The summed E-state index contributed by atoms with van der Waals surface area (Å²) in [5.41, 5.74) is 7.38. The number of hydroxylamine groups is 1. The van der Waals surface area contributed by atoms with Crippen molar-refractivity contribution in [3.63, 3.8) is 0 Å². The molecular weight excluding hydrogens is 364 g/mol. The van der Waals surface area contributed by atoms with E-state index in [-0.39, 0.29) is 6.61 Å². The summed E-state index contributed by atoms with van der Waals surface area (Å²) in [6.45, 7) is 8.21. The van der Waals surface area contributed by atoms with Crippen LogP contribution in [-0.2, 0) is 6.54 Å². The Balaban J connectivity index is 2.05. The van der Waals surface area contributed by atoms with Gasteiger partial charge in [-0.1, -0.05) is 49.9 Å². The molecule has 152 valence electrons. The molecule has 2 heterocycles. The van der Waals surface area contributed by atoms with Crippen molar-refractivity contribution in [2.24, 2.45) is 0 Å². The molecule has 6 nitrogen and oxygen atoms in total. The van der Waals surface area contributed by atoms with Crippen molar-refractivity contribution in [2.75, 3.05) is 19.7 Å². The molecule has 0 fully saturated rings. The van der Waals surface area contributed by atoms with E-state index in [1.807, 2.05) is 48.1 Å². The Kier molecular flexibility index (Phi) is 7.19. The fraction of sp³-hybridized carbons (Fsp3) is 0.261. The van der Waals surface area contributed by atoms with Gasteiger partial charge in [0.2, 0.25) is 0 Å². The molecule has 0 aliphatic carbocycles. The zero-order chi connectivity index (χ0) is 20.6. The van der Waals surface area contributed by atoms with Crippen LogP contribution in [0.4, 0.5) is 0 Å². The van der Waals surface area contributed by atoms with Crippen molar-refractivity contribution in [1.82, 2.24) is 19.8 Å². The van der Waals surface area contributed by atoms with Gasteiger partial charge in [-0.25, -0.2) is 4.98 Å². The largest absolute Gasteiger partial charge is 0.395 e. The smallest absolute Gasteiger partial charge is 0.138 e. The monoisotopic (exact) mass is 392 g/mol. The SMILES string of the molecule is C=C(/C=C/c1ccn2c(CN(CCC)CCO)c(-c3ccccc3)nc2c1)NO. The molecule has 3 aromatic rings. The molecule has 3 N–H and O–H groups in total. The van der Waals surface area contributed by atoms with Crippen LogP contribution in [0, 0.1) is 0 Å². The Hall–Kier alpha value is -2.93. The van der Waals surface area contributed by atoms with Crippen LogP contribution >= 0.6 is 0 Å². The van der Waals surface area contributed by atoms with Crippen LogP contribution in [-0.4, -0.2) is 44.3 Å². The van der Waals surface area contributed by atoms with Crippen LogP contribution in [0.5, 0.6) is 0 Å². The average molecular weight is 393 g/mol. The Morgan fingerprint density at radius 2 is 2.03 bits per heavy atom. The first kappa shape index (κ1) is 20.8. The van der Waals surface area contributed by atoms with Crippen LogP contribution < -0.4 is 5.48 Å². The van der Waals surface area contributed by atoms with Crippen LogP contribution in [0.3, 0.4) is 0 Å². The van der Waals surface area contributed by atoms with Gasteiger partial charge in [-0.05, 0) is 36.7 Å². The minimum atomic E-state index is 0.134. The highest BCUT2D eigenvalue weighted by Crippen LogP contribution is 2.26. The molecule has 29 heavy (non-hydrogen) atoms. The van der Waals surface area contributed by atoms with E-state index in [2.05, 4.69) is 34.9 Å². The summed E-state index contributed by atoms with van der Waals surface area (Å²) in [6, 6.07) is 14.2. The molecule has 1 aromatic carbocycles. The van der Waals surface area contributed by atoms with Crippen LogP contribution in [0.2, 0.25) is 0 Å².